The van der Waals surface area contributed by atoms with Crippen LogP contribution in [0.4, 0.5) is 13.2 Å². The summed E-state index contributed by atoms with van der Waals surface area (Å²) in [5, 5.41) is 3.08. The molecule has 21 heavy (non-hydrogen) atoms. The van der Waals surface area contributed by atoms with E-state index in [1.807, 2.05) is 0 Å². The van der Waals surface area contributed by atoms with Crippen LogP contribution in [-0.2, 0) is 19.3 Å². The topological polar surface area (TPSA) is 12.0 Å². The van der Waals surface area contributed by atoms with Crippen molar-refractivity contribution in [2.75, 3.05) is 7.05 Å². The summed E-state index contributed by atoms with van der Waals surface area (Å²) in [7, 11) is 1.74. The lowest BCUT2D eigenvalue weighted by atomic mass is 9.87. The third-order valence-corrected chi connectivity index (χ3v) is 3.99. The summed E-state index contributed by atoms with van der Waals surface area (Å²) < 4.78 is 37.6. The van der Waals surface area contributed by atoms with Gasteiger partial charge in [0, 0.05) is 12.5 Å². The molecule has 0 heterocycles. The van der Waals surface area contributed by atoms with Crippen molar-refractivity contribution >= 4 is 0 Å². The molecule has 1 aromatic rings. The number of alkyl halides is 3. The van der Waals surface area contributed by atoms with Crippen molar-refractivity contribution < 1.29 is 13.2 Å². The predicted octanol–water partition coefficient (Wildman–Crippen LogP) is 4.98. The normalized spacial score (nSPS) is 13.5. The second-order valence-corrected chi connectivity index (χ2v) is 5.38. The van der Waals surface area contributed by atoms with Gasteiger partial charge in [0.1, 0.15) is 0 Å². The first-order valence-corrected chi connectivity index (χ1v) is 7.74. The molecule has 0 aliphatic rings. The van der Waals surface area contributed by atoms with E-state index < -0.39 is 12.6 Å². The minimum absolute atomic E-state index is 0.0888. The van der Waals surface area contributed by atoms with Crippen molar-refractivity contribution in [2.45, 2.75) is 65.1 Å². The summed E-state index contributed by atoms with van der Waals surface area (Å²) in [4.78, 5) is 0. The fourth-order valence-corrected chi connectivity index (χ4v) is 2.83. The molecule has 0 amide bonds. The zero-order valence-electron chi connectivity index (χ0n) is 13.4. The lowest BCUT2D eigenvalue weighted by Gasteiger charge is -2.24. The number of benzene rings is 1. The van der Waals surface area contributed by atoms with Crippen LogP contribution < -0.4 is 5.32 Å². The molecule has 0 saturated heterocycles. The Morgan fingerprint density at radius 3 is 1.86 bits per heavy atom. The van der Waals surface area contributed by atoms with Crippen LogP contribution in [0.15, 0.2) is 12.1 Å². The molecule has 4 heteroatoms. The zero-order valence-corrected chi connectivity index (χ0v) is 13.4. The molecule has 1 aromatic carbocycles. The second kappa shape index (κ2) is 7.83. The van der Waals surface area contributed by atoms with Crippen LogP contribution in [0.5, 0.6) is 0 Å². The van der Waals surface area contributed by atoms with Crippen molar-refractivity contribution in [1.29, 1.82) is 0 Å². The molecule has 1 nitrogen and oxygen atoms in total. The SMILES string of the molecule is CCc1cc(CC)c(C(CCC(F)(F)F)NC)c(CC)c1. The van der Waals surface area contributed by atoms with Gasteiger partial charge in [-0.15, -0.1) is 0 Å². The Balaban J connectivity index is 3.17. The molecule has 0 aromatic heterocycles. The maximum Gasteiger partial charge on any atom is 0.389 e. The average molecular weight is 301 g/mol. The summed E-state index contributed by atoms with van der Waals surface area (Å²) in [5.41, 5.74) is 4.68. The van der Waals surface area contributed by atoms with Gasteiger partial charge in [-0.1, -0.05) is 32.9 Å². The first kappa shape index (κ1) is 18.0. The number of hydrogen-bond acceptors (Lipinski definition) is 1. The van der Waals surface area contributed by atoms with E-state index in [0.717, 1.165) is 24.8 Å². The van der Waals surface area contributed by atoms with Gasteiger partial charge in [0.2, 0.25) is 0 Å². The average Bonchev–Trinajstić information content (AvgIpc) is 2.46. The number of nitrogens with one attached hydrogen (secondary N) is 1. The van der Waals surface area contributed by atoms with E-state index in [2.05, 4.69) is 38.2 Å². The lowest BCUT2D eigenvalue weighted by Crippen LogP contribution is -2.22. The van der Waals surface area contributed by atoms with E-state index in [1.54, 1.807) is 7.05 Å². The number of hydrogen-bond donors (Lipinski definition) is 1. The highest BCUT2D eigenvalue weighted by Gasteiger charge is 2.29. The van der Waals surface area contributed by atoms with Gasteiger partial charge in [-0.05, 0) is 55.0 Å². The molecule has 1 N–H and O–H groups in total. The van der Waals surface area contributed by atoms with E-state index in [9.17, 15) is 13.2 Å². The van der Waals surface area contributed by atoms with Crippen molar-refractivity contribution in [1.82, 2.24) is 5.32 Å². The van der Waals surface area contributed by atoms with Gasteiger partial charge >= 0.3 is 6.18 Å². The number of rotatable bonds is 7. The molecule has 0 saturated carbocycles. The molecular weight excluding hydrogens is 275 g/mol. The van der Waals surface area contributed by atoms with Crippen molar-refractivity contribution in [3.8, 4) is 0 Å². The molecule has 0 fully saturated rings. The summed E-state index contributed by atoms with van der Waals surface area (Å²) in [6, 6.07) is 4.06. The highest BCUT2D eigenvalue weighted by atomic mass is 19.4. The molecule has 0 spiro atoms. The fraction of sp³-hybridized carbons (Fsp3) is 0.647. The van der Waals surface area contributed by atoms with Crippen LogP contribution in [0.1, 0.15) is 61.9 Å². The monoisotopic (exact) mass is 301 g/mol. The molecule has 0 aliphatic heterocycles. The Morgan fingerprint density at radius 2 is 1.52 bits per heavy atom. The molecule has 1 unspecified atom stereocenters. The highest BCUT2D eigenvalue weighted by molar-refractivity contribution is 5.41. The quantitative estimate of drug-likeness (QED) is 0.749. The van der Waals surface area contributed by atoms with Crippen LogP contribution in [0.25, 0.3) is 0 Å². The van der Waals surface area contributed by atoms with E-state index in [-0.39, 0.29) is 12.5 Å². The van der Waals surface area contributed by atoms with E-state index in [1.165, 1.54) is 16.7 Å². The summed E-state index contributed by atoms with van der Waals surface area (Å²) in [6.45, 7) is 6.23. The maximum atomic E-state index is 12.5. The van der Waals surface area contributed by atoms with Crippen LogP contribution in [0.2, 0.25) is 0 Å². The Hall–Kier alpha value is -1.03. The zero-order chi connectivity index (χ0) is 16.0. The molecule has 0 aliphatic carbocycles. The summed E-state index contributed by atoms with van der Waals surface area (Å²) >= 11 is 0. The second-order valence-electron chi connectivity index (χ2n) is 5.38. The van der Waals surface area contributed by atoms with Crippen LogP contribution in [0, 0.1) is 0 Å². The van der Waals surface area contributed by atoms with E-state index in [0.29, 0.717) is 0 Å². The first-order valence-electron chi connectivity index (χ1n) is 7.74. The van der Waals surface area contributed by atoms with Gasteiger partial charge in [-0.2, -0.15) is 13.2 Å². The van der Waals surface area contributed by atoms with Gasteiger partial charge in [0.05, 0.1) is 0 Å². The van der Waals surface area contributed by atoms with Crippen molar-refractivity contribution in [2.24, 2.45) is 0 Å². The van der Waals surface area contributed by atoms with Crippen LogP contribution in [0.3, 0.4) is 0 Å². The van der Waals surface area contributed by atoms with Crippen LogP contribution >= 0.6 is 0 Å². The smallest absolute Gasteiger partial charge is 0.313 e. The maximum absolute atomic E-state index is 12.5. The first-order chi connectivity index (χ1) is 9.86. The molecule has 0 bridgehead atoms. The number of aryl methyl sites for hydroxylation is 3. The molecular formula is C17H26F3N. The van der Waals surface area contributed by atoms with Gasteiger partial charge in [-0.25, -0.2) is 0 Å². The van der Waals surface area contributed by atoms with Crippen molar-refractivity contribution in [3.05, 3.63) is 34.4 Å². The van der Waals surface area contributed by atoms with Gasteiger partial charge in [0.15, 0.2) is 0 Å². The summed E-state index contributed by atoms with van der Waals surface area (Å²) in [6.07, 6.45) is -2.11. The summed E-state index contributed by atoms with van der Waals surface area (Å²) in [5.74, 6) is 0. The Kier molecular flexibility index (Phi) is 6.72. The van der Waals surface area contributed by atoms with E-state index in [4.69, 9.17) is 0 Å². The molecule has 120 valence electrons. The molecule has 1 rings (SSSR count). The molecule has 1 atom stereocenters. The Morgan fingerprint density at radius 1 is 1.00 bits per heavy atom. The van der Waals surface area contributed by atoms with Gasteiger partial charge < -0.3 is 5.32 Å². The highest BCUT2D eigenvalue weighted by Crippen LogP contribution is 2.32. The fourth-order valence-electron chi connectivity index (χ4n) is 2.83. The third-order valence-electron chi connectivity index (χ3n) is 3.99. The standard InChI is InChI=1S/C17H26F3N/c1-5-12-10-13(6-2)16(14(7-3)11-12)15(21-4)8-9-17(18,19)20/h10-11,15,21H,5-9H2,1-4H3. The van der Waals surface area contributed by atoms with Crippen molar-refractivity contribution in [3.63, 3.8) is 0 Å². The minimum atomic E-state index is -4.10. The minimum Gasteiger partial charge on any atom is -0.313 e. The number of halogens is 3. The largest absolute Gasteiger partial charge is 0.389 e. The Bertz CT molecular complexity index is 427. The van der Waals surface area contributed by atoms with Crippen LogP contribution in [-0.4, -0.2) is 13.2 Å². The van der Waals surface area contributed by atoms with Gasteiger partial charge in [-0.3, -0.25) is 0 Å². The molecule has 0 radical (unpaired) electrons. The third kappa shape index (κ3) is 5.03. The predicted molar refractivity (Wildman–Crippen MR) is 81.7 cm³/mol. The van der Waals surface area contributed by atoms with Gasteiger partial charge in [0.25, 0.3) is 0 Å². The Labute approximate surface area is 125 Å². The lowest BCUT2D eigenvalue weighted by molar-refractivity contribution is -0.136. The van der Waals surface area contributed by atoms with E-state index >= 15 is 0 Å².